The van der Waals surface area contributed by atoms with Crippen molar-refractivity contribution >= 4 is 82.1 Å². The van der Waals surface area contributed by atoms with Crippen LogP contribution in [0.3, 0.4) is 0 Å². The molecular formula is C64H41NO. The van der Waals surface area contributed by atoms with E-state index >= 15 is 0 Å². The maximum Gasteiger partial charge on any atom is 0.143 e. The Hall–Kier alpha value is -8.72. The summed E-state index contributed by atoms with van der Waals surface area (Å²) >= 11 is 0. The highest BCUT2D eigenvalue weighted by Gasteiger charge is 2.21. The fourth-order valence-electron chi connectivity index (χ4n) is 10.2. The first kappa shape index (κ1) is 37.8. The average Bonchev–Trinajstić information content (AvgIpc) is 3.78. The minimum atomic E-state index is 0.892. The highest BCUT2D eigenvalue weighted by molar-refractivity contribution is 6.14. The van der Waals surface area contributed by atoms with Crippen molar-refractivity contribution in [3.63, 3.8) is 0 Å². The number of hydrogen-bond acceptors (Lipinski definition) is 2. The third kappa shape index (κ3) is 6.34. The van der Waals surface area contributed by atoms with Gasteiger partial charge in [0.15, 0.2) is 0 Å². The number of hydrogen-bond donors (Lipinski definition) is 0. The fraction of sp³-hybridized carbons (Fsp3) is 0. The van der Waals surface area contributed by atoms with Crippen LogP contribution in [0.5, 0.6) is 0 Å². The lowest BCUT2D eigenvalue weighted by molar-refractivity contribution is 0.670. The van der Waals surface area contributed by atoms with Crippen molar-refractivity contribution in [2.24, 2.45) is 0 Å². The van der Waals surface area contributed by atoms with Gasteiger partial charge in [0.1, 0.15) is 11.2 Å². The second-order valence-corrected chi connectivity index (χ2v) is 17.2. The highest BCUT2D eigenvalue weighted by atomic mass is 16.3. The molecule has 12 aromatic carbocycles. The Morgan fingerprint density at radius 1 is 0.258 bits per heavy atom. The van der Waals surface area contributed by atoms with Crippen molar-refractivity contribution in [2.75, 3.05) is 4.90 Å². The van der Waals surface area contributed by atoms with Gasteiger partial charge in [0.25, 0.3) is 0 Å². The van der Waals surface area contributed by atoms with Gasteiger partial charge in [0, 0.05) is 33.3 Å². The van der Waals surface area contributed by atoms with Gasteiger partial charge in [-0.1, -0.05) is 200 Å². The number of fused-ring (bicyclic) bond motifs is 9. The van der Waals surface area contributed by atoms with Crippen LogP contribution >= 0.6 is 0 Å². The van der Waals surface area contributed by atoms with Gasteiger partial charge in [0.05, 0.1) is 5.69 Å². The monoisotopic (exact) mass is 839 g/mol. The van der Waals surface area contributed by atoms with Gasteiger partial charge in [-0.2, -0.15) is 0 Å². The van der Waals surface area contributed by atoms with Crippen LogP contribution in [0.25, 0.3) is 110 Å². The molecule has 2 heteroatoms. The molecule has 0 amide bonds. The molecule has 66 heavy (non-hydrogen) atoms. The quantitative estimate of drug-likeness (QED) is 0.149. The van der Waals surface area contributed by atoms with Crippen molar-refractivity contribution in [3.05, 3.63) is 249 Å². The molecule has 0 N–H and O–H groups in total. The van der Waals surface area contributed by atoms with Crippen molar-refractivity contribution in [1.82, 2.24) is 0 Å². The molecule has 0 unspecified atom stereocenters. The topological polar surface area (TPSA) is 16.4 Å². The largest absolute Gasteiger partial charge is 0.455 e. The van der Waals surface area contributed by atoms with E-state index in [-0.39, 0.29) is 0 Å². The van der Waals surface area contributed by atoms with Gasteiger partial charge >= 0.3 is 0 Å². The third-order valence-electron chi connectivity index (χ3n) is 13.4. The van der Waals surface area contributed by atoms with Crippen LogP contribution in [0.15, 0.2) is 253 Å². The summed E-state index contributed by atoms with van der Waals surface area (Å²) in [7, 11) is 0. The third-order valence-corrected chi connectivity index (χ3v) is 13.4. The molecular weight excluding hydrogens is 799 g/mol. The molecule has 1 heterocycles. The van der Waals surface area contributed by atoms with Crippen LogP contribution in [0.1, 0.15) is 0 Å². The Morgan fingerprint density at radius 3 is 1.70 bits per heavy atom. The zero-order valence-electron chi connectivity index (χ0n) is 36.0. The Labute approximate surface area is 382 Å². The fourth-order valence-corrected chi connectivity index (χ4v) is 10.2. The number of para-hydroxylation sites is 2. The molecule has 0 saturated carbocycles. The predicted molar refractivity (Wildman–Crippen MR) is 280 cm³/mol. The molecule has 0 aliphatic heterocycles. The smallest absolute Gasteiger partial charge is 0.143 e. The van der Waals surface area contributed by atoms with Crippen molar-refractivity contribution in [1.29, 1.82) is 0 Å². The molecule has 0 radical (unpaired) electrons. The molecule has 13 rings (SSSR count). The first-order chi connectivity index (χ1) is 32.7. The summed E-state index contributed by atoms with van der Waals surface area (Å²) in [6, 6.07) is 90.4. The molecule has 0 bridgehead atoms. The number of benzene rings is 12. The predicted octanol–water partition coefficient (Wildman–Crippen LogP) is 18.3. The van der Waals surface area contributed by atoms with E-state index in [1.54, 1.807) is 0 Å². The zero-order chi connectivity index (χ0) is 43.6. The van der Waals surface area contributed by atoms with Crippen molar-refractivity contribution < 1.29 is 4.42 Å². The Balaban J connectivity index is 1.02. The molecule has 0 atom stereocenters. The van der Waals surface area contributed by atoms with E-state index in [0.717, 1.165) is 66.8 Å². The van der Waals surface area contributed by atoms with Gasteiger partial charge in [-0.15, -0.1) is 0 Å². The molecule has 0 spiro atoms. The van der Waals surface area contributed by atoms with E-state index in [1.807, 2.05) is 6.07 Å². The van der Waals surface area contributed by atoms with Crippen LogP contribution in [0.4, 0.5) is 17.1 Å². The standard InChI is InChI=1S/C64H41NO/c1-2-14-43(15-3-1)55-37-33-49(61-40-47-17-5-7-21-53(47)57-22-8-9-23-58(57)61)41-62(55)65(51-19-12-18-46(39-51)56-25-13-26-60-59-24-10-11-27-63(59)66-64(56)60)50-34-30-42(31-35-50)45-32-36-54-48(38-45)29-28-44-16-4-6-20-52(44)54/h1-41H. The summed E-state index contributed by atoms with van der Waals surface area (Å²) in [5.41, 5.74) is 14.1. The minimum Gasteiger partial charge on any atom is -0.455 e. The van der Waals surface area contributed by atoms with Gasteiger partial charge in [-0.3, -0.25) is 0 Å². The van der Waals surface area contributed by atoms with Crippen LogP contribution in [-0.2, 0) is 0 Å². The maximum atomic E-state index is 6.60. The molecule has 0 saturated heterocycles. The van der Waals surface area contributed by atoms with Gasteiger partial charge in [-0.05, 0) is 125 Å². The molecule has 0 aliphatic rings. The molecule has 1 aromatic heterocycles. The van der Waals surface area contributed by atoms with E-state index in [9.17, 15) is 0 Å². The van der Waals surface area contributed by atoms with Crippen LogP contribution in [-0.4, -0.2) is 0 Å². The number of anilines is 3. The number of furan rings is 1. The molecule has 308 valence electrons. The zero-order valence-corrected chi connectivity index (χ0v) is 36.0. The summed E-state index contributed by atoms with van der Waals surface area (Å²) in [4.78, 5) is 2.44. The second kappa shape index (κ2) is 15.5. The van der Waals surface area contributed by atoms with Gasteiger partial charge in [-0.25, -0.2) is 0 Å². The van der Waals surface area contributed by atoms with Crippen molar-refractivity contribution in [2.45, 2.75) is 0 Å². The summed E-state index contributed by atoms with van der Waals surface area (Å²) in [6.45, 7) is 0. The molecule has 0 fully saturated rings. The number of nitrogens with zero attached hydrogens (tertiary/aromatic N) is 1. The summed E-state index contributed by atoms with van der Waals surface area (Å²) < 4.78 is 6.60. The van der Waals surface area contributed by atoms with Crippen LogP contribution in [0.2, 0.25) is 0 Å². The highest BCUT2D eigenvalue weighted by Crippen LogP contribution is 2.46. The van der Waals surface area contributed by atoms with Gasteiger partial charge in [0.2, 0.25) is 0 Å². The minimum absolute atomic E-state index is 0.892. The summed E-state index contributed by atoms with van der Waals surface area (Å²) in [5.74, 6) is 0. The lowest BCUT2D eigenvalue weighted by Crippen LogP contribution is -2.11. The Morgan fingerprint density at radius 2 is 0.848 bits per heavy atom. The SMILES string of the molecule is c1ccc(-c2ccc(-c3cc4ccccc4c4ccccc34)cc2N(c2ccc(-c3ccc4c(ccc5ccccc54)c3)cc2)c2cccc(-c3cccc4c3oc3ccccc34)c2)cc1. The summed E-state index contributed by atoms with van der Waals surface area (Å²) in [6.07, 6.45) is 0. The van der Waals surface area contributed by atoms with Crippen LogP contribution in [0, 0.1) is 0 Å². The Bertz CT molecular complexity index is 3990. The summed E-state index contributed by atoms with van der Waals surface area (Å²) in [5, 5.41) is 12.2. The second-order valence-electron chi connectivity index (χ2n) is 17.2. The molecule has 13 aromatic rings. The first-order valence-corrected chi connectivity index (χ1v) is 22.7. The van der Waals surface area contributed by atoms with Crippen LogP contribution < -0.4 is 4.90 Å². The van der Waals surface area contributed by atoms with E-state index in [1.165, 1.54) is 59.8 Å². The number of rotatable bonds is 7. The normalized spacial score (nSPS) is 11.6. The molecule has 2 nitrogen and oxygen atoms in total. The average molecular weight is 840 g/mol. The van der Waals surface area contributed by atoms with E-state index in [4.69, 9.17) is 4.42 Å². The first-order valence-electron chi connectivity index (χ1n) is 22.7. The van der Waals surface area contributed by atoms with Crippen molar-refractivity contribution in [3.8, 4) is 44.5 Å². The maximum absolute atomic E-state index is 6.60. The van der Waals surface area contributed by atoms with Gasteiger partial charge < -0.3 is 9.32 Å². The molecule has 0 aliphatic carbocycles. The Kier molecular flexibility index (Phi) is 8.89. The van der Waals surface area contributed by atoms with E-state index in [0.29, 0.717) is 0 Å². The lowest BCUT2D eigenvalue weighted by Gasteiger charge is -2.29. The van der Waals surface area contributed by atoms with E-state index in [2.05, 4.69) is 248 Å². The van der Waals surface area contributed by atoms with E-state index < -0.39 is 0 Å². The lowest BCUT2D eigenvalue weighted by atomic mass is 9.91.